The van der Waals surface area contributed by atoms with E-state index in [2.05, 4.69) is 54.7 Å². The number of hydrogen-bond acceptors (Lipinski definition) is 2. The molecule has 0 aliphatic carbocycles. The fourth-order valence-corrected chi connectivity index (χ4v) is 2.66. The Kier molecular flexibility index (Phi) is 4.69. The van der Waals surface area contributed by atoms with E-state index in [0.717, 1.165) is 23.3 Å². The quantitative estimate of drug-likeness (QED) is 0.588. The summed E-state index contributed by atoms with van der Waals surface area (Å²) in [5.74, 6) is 0. The van der Waals surface area contributed by atoms with E-state index in [1.807, 2.05) is 18.2 Å². The summed E-state index contributed by atoms with van der Waals surface area (Å²) in [6.07, 6.45) is 4.78. The summed E-state index contributed by atoms with van der Waals surface area (Å²) in [7, 11) is 0. The van der Waals surface area contributed by atoms with Crippen molar-refractivity contribution in [1.29, 1.82) is 0 Å². The van der Waals surface area contributed by atoms with Gasteiger partial charge in [-0.05, 0) is 37.1 Å². The van der Waals surface area contributed by atoms with Crippen LogP contribution in [0.2, 0.25) is 0 Å². The van der Waals surface area contributed by atoms with Crippen LogP contribution in [0, 0.1) is 0 Å². The maximum Gasteiger partial charge on any atom is 0.0939 e. The molecule has 112 valence electrons. The number of para-hydroxylation sites is 2. The molecule has 0 saturated carbocycles. The Hall–Kier alpha value is -2.35. The summed E-state index contributed by atoms with van der Waals surface area (Å²) in [6.45, 7) is 2.23. The predicted octanol–water partition coefficient (Wildman–Crippen LogP) is 5.71. The first kappa shape index (κ1) is 14.6. The molecule has 1 heterocycles. The SMILES string of the molecule is CCCCCc1ccc2cccc(Nc3ccccc3)c2n1. The highest BCUT2D eigenvalue weighted by Crippen LogP contribution is 2.25. The maximum absolute atomic E-state index is 4.88. The molecule has 0 aliphatic heterocycles. The first-order valence-electron chi connectivity index (χ1n) is 8.07. The van der Waals surface area contributed by atoms with Crippen molar-refractivity contribution >= 4 is 22.3 Å². The van der Waals surface area contributed by atoms with Gasteiger partial charge in [0.25, 0.3) is 0 Å². The average Bonchev–Trinajstić information content (AvgIpc) is 2.57. The molecule has 0 unspecified atom stereocenters. The largest absolute Gasteiger partial charge is 0.354 e. The van der Waals surface area contributed by atoms with Gasteiger partial charge in [-0.3, -0.25) is 4.98 Å². The number of benzene rings is 2. The number of unbranched alkanes of at least 4 members (excludes halogenated alkanes) is 2. The first-order valence-corrected chi connectivity index (χ1v) is 8.07. The van der Waals surface area contributed by atoms with Crippen molar-refractivity contribution in [2.75, 3.05) is 5.32 Å². The summed E-state index contributed by atoms with van der Waals surface area (Å²) < 4.78 is 0. The van der Waals surface area contributed by atoms with Crippen molar-refractivity contribution in [2.24, 2.45) is 0 Å². The molecule has 2 aromatic carbocycles. The minimum absolute atomic E-state index is 1.06. The maximum atomic E-state index is 4.88. The number of nitrogens with one attached hydrogen (secondary N) is 1. The topological polar surface area (TPSA) is 24.9 Å². The standard InChI is InChI=1S/C20H22N2/c1-2-3-5-10-18-15-14-16-9-8-13-19(20(16)22-18)21-17-11-6-4-7-12-17/h4,6-9,11-15,21H,2-3,5,10H2,1H3. The summed E-state index contributed by atoms with van der Waals surface area (Å²) in [6, 6.07) is 20.9. The van der Waals surface area contributed by atoms with Crippen molar-refractivity contribution in [3.63, 3.8) is 0 Å². The second-order valence-electron chi connectivity index (χ2n) is 5.63. The van der Waals surface area contributed by atoms with E-state index in [1.54, 1.807) is 0 Å². The Morgan fingerprint density at radius 3 is 2.55 bits per heavy atom. The van der Waals surface area contributed by atoms with Gasteiger partial charge in [-0.1, -0.05) is 56.2 Å². The average molecular weight is 290 g/mol. The number of nitrogens with zero attached hydrogens (tertiary/aromatic N) is 1. The van der Waals surface area contributed by atoms with Crippen molar-refractivity contribution in [3.8, 4) is 0 Å². The molecule has 0 saturated heterocycles. The summed E-state index contributed by atoms with van der Waals surface area (Å²) in [5, 5.41) is 4.66. The molecule has 1 aromatic heterocycles. The van der Waals surface area contributed by atoms with Crippen LogP contribution in [-0.2, 0) is 6.42 Å². The number of rotatable bonds is 6. The lowest BCUT2D eigenvalue weighted by Crippen LogP contribution is -1.96. The van der Waals surface area contributed by atoms with Gasteiger partial charge in [-0.15, -0.1) is 0 Å². The van der Waals surface area contributed by atoms with E-state index in [-0.39, 0.29) is 0 Å². The Labute approximate surface area is 132 Å². The normalized spacial score (nSPS) is 10.8. The van der Waals surface area contributed by atoms with Crippen molar-refractivity contribution in [2.45, 2.75) is 32.6 Å². The monoisotopic (exact) mass is 290 g/mol. The molecule has 0 spiro atoms. The van der Waals surface area contributed by atoms with Crippen LogP contribution in [0.1, 0.15) is 31.9 Å². The molecule has 0 amide bonds. The van der Waals surface area contributed by atoms with Crippen LogP contribution in [0.5, 0.6) is 0 Å². The molecule has 0 aliphatic rings. The van der Waals surface area contributed by atoms with Crippen LogP contribution in [0.3, 0.4) is 0 Å². The van der Waals surface area contributed by atoms with E-state index < -0.39 is 0 Å². The zero-order valence-electron chi connectivity index (χ0n) is 13.0. The minimum atomic E-state index is 1.06. The van der Waals surface area contributed by atoms with Gasteiger partial charge in [0.15, 0.2) is 0 Å². The predicted molar refractivity (Wildman–Crippen MR) is 94.7 cm³/mol. The van der Waals surface area contributed by atoms with E-state index in [4.69, 9.17) is 4.98 Å². The van der Waals surface area contributed by atoms with E-state index in [9.17, 15) is 0 Å². The number of pyridine rings is 1. The van der Waals surface area contributed by atoms with E-state index in [0.29, 0.717) is 0 Å². The Bertz CT molecular complexity index is 735. The Morgan fingerprint density at radius 1 is 0.864 bits per heavy atom. The summed E-state index contributed by atoms with van der Waals surface area (Å²) in [4.78, 5) is 4.88. The molecular formula is C20H22N2. The number of hydrogen-bond donors (Lipinski definition) is 1. The van der Waals surface area contributed by atoms with Gasteiger partial charge in [0, 0.05) is 16.8 Å². The fourth-order valence-electron chi connectivity index (χ4n) is 2.66. The highest BCUT2D eigenvalue weighted by atomic mass is 14.9. The lowest BCUT2D eigenvalue weighted by atomic mass is 10.1. The van der Waals surface area contributed by atoms with Crippen LogP contribution >= 0.6 is 0 Å². The third kappa shape index (κ3) is 3.45. The van der Waals surface area contributed by atoms with Crippen LogP contribution in [0.4, 0.5) is 11.4 Å². The van der Waals surface area contributed by atoms with Crippen LogP contribution < -0.4 is 5.32 Å². The van der Waals surface area contributed by atoms with Gasteiger partial charge in [0.2, 0.25) is 0 Å². The lowest BCUT2D eigenvalue weighted by molar-refractivity contribution is 0.709. The number of anilines is 2. The van der Waals surface area contributed by atoms with Gasteiger partial charge < -0.3 is 5.32 Å². The fraction of sp³-hybridized carbons (Fsp3) is 0.250. The Morgan fingerprint density at radius 2 is 1.73 bits per heavy atom. The van der Waals surface area contributed by atoms with Gasteiger partial charge in [0.1, 0.15) is 0 Å². The van der Waals surface area contributed by atoms with E-state index >= 15 is 0 Å². The van der Waals surface area contributed by atoms with Gasteiger partial charge in [-0.2, -0.15) is 0 Å². The van der Waals surface area contributed by atoms with Gasteiger partial charge in [-0.25, -0.2) is 0 Å². The summed E-state index contributed by atoms with van der Waals surface area (Å²) >= 11 is 0. The van der Waals surface area contributed by atoms with Crippen LogP contribution in [0.25, 0.3) is 10.9 Å². The molecule has 3 aromatic rings. The highest BCUT2D eigenvalue weighted by Gasteiger charge is 2.04. The second kappa shape index (κ2) is 7.08. The lowest BCUT2D eigenvalue weighted by Gasteiger charge is -2.10. The third-order valence-electron chi connectivity index (χ3n) is 3.87. The zero-order chi connectivity index (χ0) is 15.2. The number of aromatic nitrogens is 1. The van der Waals surface area contributed by atoms with Crippen molar-refractivity contribution in [1.82, 2.24) is 4.98 Å². The minimum Gasteiger partial charge on any atom is -0.354 e. The molecule has 0 fully saturated rings. The summed E-state index contributed by atoms with van der Waals surface area (Å²) in [5.41, 5.74) is 4.40. The highest BCUT2D eigenvalue weighted by molar-refractivity contribution is 5.92. The molecule has 22 heavy (non-hydrogen) atoms. The molecule has 0 bridgehead atoms. The van der Waals surface area contributed by atoms with Gasteiger partial charge in [0.05, 0.1) is 11.2 Å². The zero-order valence-corrected chi connectivity index (χ0v) is 13.0. The molecule has 0 radical (unpaired) electrons. The van der Waals surface area contributed by atoms with Gasteiger partial charge >= 0.3 is 0 Å². The molecule has 0 atom stereocenters. The van der Waals surface area contributed by atoms with Crippen molar-refractivity contribution < 1.29 is 0 Å². The van der Waals surface area contributed by atoms with E-state index in [1.165, 1.54) is 30.3 Å². The Balaban J connectivity index is 1.90. The number of aryl methyl sites for hydroxylation is 1. The van der Waals surface area contributed by atoms with Crippen LogP contribution in [0.15, 0.2) is 60.7 Å². The molecule has 1 N–H and O–H groups in total. The smallest absolute Gasteiger partial charge is 0.0939 e. The molecule has 2 nitrogen and oxygen atoms in total. The molecule has 2 heteroatoms. The van der Waals surface area contributed by atoms with Crippen LogP contribution in [-0.4, -0.2) is 4.98 Å². The molecule has 3 rings (SSSR count). The second-order valence-corrected chi connectivity index (χ2v) is 5.63. The van der Waals surface area contributed by atoms with Crippen molar-refractivity contribution in [3.05, 3.63) is 66.4 Å². The first-order chi connectivity index (χ1) is 10.9. The third-order valence-corrected chi connectivity index (χ3v) is 3.87. The molecular weight excluding hydrogens is 268 g/mol. The number of fused-ring (bicyclic) bond motifs is 1.